The molecule has 0 bridgehead atoms. The van der Waals surface area contributed by atoms with Crippen molar-refractivity contribution in [2.45, 2.75) is 12.8 Å². The zero-order valence-electron chi connectivity index (χ0n) is 12.9. The minimum absolute atomic E-state index is 0.338. The highest BCUT2D eigenvalue weighted by Crippen LogP contribution is 2.28. The fourth-order valence-electron chi connectivity index (χ4n) is 2.25. The standard InChI is InChI=1S/C17H15ClO3.H3OP/c1-11-7-6-10-13(18)14(11)16(19)15(17(20)21-2)12-8-4-3-5-9-12;1-2/h3-10,15H,1-2H3;2H3. The van der Waals surface area contributed by atoms with Crippen molar-refractivity contribution in [1.82, 2.24) is 0 Å². The number of esters is 1. The van der Waals surface area contributed by atoms with Crippen LogP contribution in [0.3, 0.4) is 0 Å². The molecule has 2 unspecified atom stereocenters. The Morgan fingerprint density at radius 3 is 2.17 bits per heavy atom. The summed E-state index contributed by atoms with van der Waals surface area (Å²) in [5, 5.41) is 0.338. The van der Waals surface area contributed by atoms with Gasteiger partial charge in [-0.2, -0.15) is 0 Å². The summed E-state index contributed by atoms with van der Waals surface area (Å²) in [5.74, 6) is -1.95. The summed E-state index contributed by atoms with van der Waals surface area (Å²) in [6, 6.07) is 14.0. The number of Topliss-reactive ketones (excluding diaryl/α,β-unsaturated/α-hetero) is 1. The van der Waals surface area contributed by atoms with E-state index in [9.17, 15) is 9.59 Å². The largest absolute Gasteiger partial charge is 0.468 e. The van der Waals surface area contributed by atoms with Crippen LogP contribution >= 0.6 is 20.7 Å². The number of carbonyl (C=O) groups excluding carboxylic acids is 2. The van der Waals surface area contributed by atoms with Gasteiger partial charge in [-0.25, -0.2) is 0 Å². The fraction of sp³-hybridized carbons (Fsp3) is 0.176. The molecule has 0 aliphatic carbocycles. The van der Waals surface area contributed by atoms with Crippen molar-refractivity contribution < 1.29 is 18.9 Å². The van der Waals surface area contributed by atoms with Gasteiger partial charge in [-0.1, -0.05) is 54.1 Å². The molecular formula is C17H18ClO4P. The van der Waals surface area contributed by atoms with E-state index in [4.69, 9.17) is 20.9 Å². The van der Waals surface area contributed by atoms with Gasteiger partial charge < -0.3 is 9.30 Å². The Bertz CT molecular complexity index is 668. The fourth-order valence-corrected chi connectivity index (χ4v) is 2.56. The van der Waals surface area contributed by atoms with E-state index in [1.807, 2.05) is 6.07 Å². The second-order valence-corrected chi connectivity index (χ2v) is 5.07. The van der Waals surface area contributed by atoms with Gasteiger partial charge in [0, 0.05) is 5.56 Å². The van der Waals surface area contributed by atoms with Crippen molar-refractivity contribution in [2.24, 2.45) is 0 Å². The molecule has 0 aliphatic rings. The molecule has 6 heteroatoms. The molecular weight excluding hydrogens is 335 g/mol. The maximum atomic E-state index is 12.8. The van der Waals surface area contributed by atoms with Crippen LogP contribution in [0, 0.1) is 6.92 Å². The van der Waals surface area contributed by atoms with Crippen molar-refractivity contribution in [2.75, 3.05) is 7.11 Å². The molecule has 0 N–H and O–H groups in total. The van der Waals surface area contributed by atoms with Gasteiger partial charge in [-0.05, 0) is 24.1 Å². The molecule has 2 aromatic rings. The minimum Gasteiger partial charge on any atom is -0.468 e. The molecule has 0 radical (unpaired) electrons. The molecule has 2 atom stereocenters. The average molecular weight is 353 g/mol. The van der Waals surface area contributed by atoms with Gasteiger partial charge in [0.2, 0.25) is 0 Å². The monoisotopic (exact) mass is 352 g/mol. The van der Waals surface area contributed by atoms with Gasteiger partial charge in [0.25, 0.3) is 0 Å². The highest BCUT2D eigenvalue weighted by Gasteiger charge is 2.32. The summed E-state index contributed by atoms with van der Waals surface area (Å²) in [4.78, 5) is 24.9. The van der Waals surface area contributed by atoms with Crippen LogP contribution in [0.4, 0.5) is 0 Å². The van der Waals surface area contributed by atoms with Crippen molar-refractivity contribution in [3.05, 3.63) is 70.2 Å². The SMILES string of the molecule is COC(=O)C(C(=O)c1c(C)cccc1Cl)c1ccccc1.O=[PH3]. The third kappa shape index (κ3) is 4.54. The highest BCUT2D eigenvalue weighted by atomic mass is 35.5. The first kappa shape index (κ1) is 19.1. The predicted molar refractivity (Wildman–Crippen MR) is 93.5 cm³/mol. The zero-order valence-corrected chi connectivity index (χ0v) is 15.1. The summed E-state index contributed by atoms with van der Waals surface area (Å²) in [7, 11) is 1.88. The summed E-state index contributed by atoms with van der Waals surface area (Å²) < 4.78 is 13.1. The van der Waals surface area contributed by atoms with Gasteiger partial charge in [-0.15, -0.1) is 0 Å². The van der Waals surface area contributed by atoms with Crippen LogP contribution in [0.25, 0.3) is 0 Å². The number of methoxy groups -OCH3 is 1. The van der Waals surface area contributed by atoms with Gasteiger partial charge >= 0.3 is 5.97 Å². The van der Waals surface area contributed by atoms with Crippen molar-refractivity contribution in [3.8, 4) is 0 Å². The number of rotatable bonds is 4. The topological polar surface area (TPSA) is 60.4 Å². The molecule has 122 valence electrons. The minimum atomic E-state index is -1.00. The highest BCUT2D eigenvalue weighted by molar-refractivity contribution is 7.00. The Balaban J connectivity index is 0.00000127. The Labute approximate surface area is 142 Å². The molecule has 0 saturated heterocycles. The first-order chi connectivity index (χ1) is 11.1. The maximum absolute atomic E-state index is 12.8. The zero-order chi connectivity index (χ0) is 17.4. The maximum Gasteiger partial charge on any atom is 0.321 e. The lowest BCUT2D eigenvalue weighted by Crippen LogP contribution is -2.24. The van der Waals surface area contributed by atoms with Gasteiger partial charge in [0.1, 0.15) is 5.92 Å². The van der Waals surface area contributed by atoms with Gasteiger partial charge in [0.15, 0.2) is 5.78 Å². The van der Waals surface area contributed by atoms with Crippen LogP contribution in [-0.4, -0.2) is 18.9 Å². The molecule has 0 fully saturated rings. The van der Waals surface area contributed by atoms with Crippen LogP contribution in [0.15, 0.2) is 48.5 Å². The second-order valence-electron chi connectivity index (χ2n) is 4.66. The van der Waals surface area contributed by atoms with E-state index in [0.717, 1.165) is 5.56 Å². The number of hydrogen-bond acceptors (Lipinski definition) is 4. The van der Waals surface area contributed by atoms with Crippen LogP contribution in [0.1, 0.15) is 27.4 Å². The molecule has 0 heterocycles. The van der Waals surface area contributed by atoms with Crippen molar-refractivity contribution >= 4 is 32.5 Å². The number of aryl methyl sites for hydroxylation is 1. The number of hydrogen-bond donors (Lipinski definition) is 0. The van der Waals surface area contributed by atoms with E-state index in [1.54, 1.807) is 49.4 Å². The van der Waals surface area contributed by atoms with Gasteiger partial charge in [0.05, 0.1) is 21.3 Å². The van der Waals surface area contributed by atoms with Gasteiger partial charge in [-0.3, -0.25) is 9.59 Å². The first-order valence-electron chi connectivity index (χ1n) is 6.77. The van der Waals surface area contributed by atoms with E-state index >= 15 is 0 Å². The predicted octanol–water partition coefficient (Wildman–Crippen LogP) is 3.73. The summed E-state index contributed by atoms with van der Waals surface area (Å²) in [5.41, 5.74) is 1.68. The number of halogens is 1. The number of ketones is 1. The normalized spacial score (nSPS) is 11.1. The second kappa shape index (κ2) is 9.29. The van der Waals surface area contributed by atoms with E-state index in [0.29, 0.717) is 25.3 Å². The molecule has 0 spiro atoms. The van der Waals surface area contributed by atoms with E-state index < -0.39 is 11.9 Å². The Hall–Kier alpha value is -1.90. The third-order valence-electron chi connectivity index (χ3n) is 3.30. The van der Waals surface area contributed by atoms with Crippen LogP contribution in [0.2, 0.25) is 5.02 Å². The molecule has 4 nitrogen and oxygen atoms in total. The smallest absolute Gasteiger partial charge is 0.321 e. The number of ether oxygens (including phenoxy) is 1. The lowest BCUT2D eigenvalue weighted by atomic mass is 9.89. The lowest BCUT2D eigenvalue weighted by molar-refractivity contribution is -0.141. The quantitative estimate of drug-likeness (QED) is 0.364. The lowest BCUT2D eigenvalue weighted by Gasteiger charge is -2.16. The van der Waals surface area contributed by atoms with Crippen LogP contribution < -0.4 is 0 Å². The van der Waals surface area contributed by atoms with Crippen molar-refractivity contribution in [1.29, 1.82) is 0 Å². The molecule has 2 aromatic carbocycles. The molecule has 23 heavy (non-hydrogen) atoms. The molecule has 0 aromatic heterocycles. The Morgan fingerprint density at radius 2 is 1.65 bits per heavy atom. The number of benzene rings is 2. The molecule has 0 aliphatic heterocycles. The summed E-state index contributed by atoms with van der Waals surface area (Å²) in [6.07, 6.45) is 0. The molecule has 0 saturated carbocycles. The van der Waals surface area contributed by atoms with E-state index in [1.165, 1.54) is 7.11 Å². The summed E-state index contributed by atoms with van der Waals surface area (Å²) in [6.45, 7) is 1.79. The van der Waals surface area contributed by atoms with E-state index in [2.05, 4.69) is 0 Å². The Kier molecular flexibility index (Phi) is 7.73. The van der Waals surface area contributed by atoms with Crippen molar-refractivity contribution in [3.63, 3.8) is 0 Å². The average Bonchev–Trinajstić information content (AvgIpc) is 2.57. The van der Waals surface area contributed by atoms with Crippen LogP contribution in [0.5, 0.6) is 0 Å². The first-order valence-corrected chi connectivity index (χ1v) is 7.72. The Morgan fingerprint density at radius 1 is 1.04 bits per heavy atom. The third-order valence-corrected chi connectivity index (χ3v) is 3.62. The number of carbonyl (C=O) groups is 2. The van der Waals surface area contributed by atoms with E-state index in [-0.39, 0.29) is 5.78 Å². The molecule has 0 amide bonds. The summed E-state index contributed by atoms with van der Waals surface area (Å²) >= 11 is 6.13. The molecule has 2 rings (SSSR count). The van der Waals surface area contributed by atoms with Crippen LogP contribution in [-0.2, 0) is 14.1 Å².